The second-order valence-electron chi connectivity index (χ2n) is 3.60. The van der Waals surface area contributed by atoms with E-state index in [0.717, 1.165) is 18.1 Å². The van der Waals surface area contributed by atoms with E-state index in [2.05, 4.69) is 16.0 Å². The Hall–Kier alpha value is -2.48. The minimum atomic E-state index is -0.480. The summed E-state index contributed by atoms with van der Waals surface area (Å²) < 4.78 is 12.8. The Kier molecular flexibility index (Phi) is 3.82. The van der Waals surface area contributed by atoms with E-state index in [-0.39, 0.29) is 0 Å². The number of rotatable bonds is 4. The van der Waals surface area contributed by atoms with Gasteiger partial charge in [-0.05, 0) is 12.1 Å². The van der Waals surface area contributed by atoms with Crippen LogP contribution in [0.25, 0.3) is 0 Å². The molecule has 0 saturated carbocycles. The molecular weight excluding hydrogens is 231 g/mol. The molecule has 5 heteroatoms. The zero-order chi connectivity index (χ0) is 12.8. The second kappa shape index (κ2) is 5.73. The van der Waals surface area contributed by atoms with Crippen LogP contribution < -0.4 is 4.90 Å². The monoisotopic (exact) mass is 242 g/mol. The van der Waals surface area contributed by atoms with E-state index in [4.69, 9.17) is 5.26 Å². The van der Waals surface area contributed by atoms with Gasteiger partial charge in [0.2, 0.25) is 5.95 Å². The summed E-state index contributed by atoms with van der Waals surface area (Å²) >= 11 is 0. The Morgan fingerprint density at radius 1 is 1.17 bits per heavy atom. The van der Waals surface area contributed by atoms with E-state index in [0.29, 0.717) is 18.9 Å². The third-order valence-corrected chi connectivity index (χ3v) is 2.36. The first-order valence-electron chi connectivity index (χ1n) is 5.48. The molecule has 0 amide bonds. The highest BCUT2D eigenvalue weighted by Crippen LogP contribution is 2.21. The molecule has 0 aliphatic carbocycles. The molecule has 0 saturated heterocycles. The standard InChI is InChI=1S/C13H11FN4/c14-11-9-16-13(17-10-11)18(8-4-7-15)12-5-2-1-3-6-12/h1-3,5-6,9-10H,4,8H2. The van der Waals surface area contributed by atoms with Crippen LogP contribution in [-0.4, -0.2) is 16.5 Å². The molecule has 2 aromatic rings. The molecule has 90 valence electrons. The highest BCUT2D eigenvalue weighted by Gasteiger charge is 2.11. The molecule has 0 fully saturated rings. The SMILES string of the molecule is N#CCCN(c1ccccc1)c1ncc(F)cn1. The molecule has 2 rings (SSSR count). The van der Waals surface area contributed by atoms with Crippen LogP contribution in [0, 0.1) is 17.1 Å². The van der Waals surface area contributed by atoms with Crippen molar-refractivity contribution in [3.63, 3.8) is 0 Å². The quantitative estimate of drug-likeness (QED) is 0.827. The van der Waals surface area contributed by atoms with Gasteiger partial charge in [0.1, 0.15) is 0 Å². The minimum Gasteiger partial charge on any atom is -0.310 e. The Labute approximate surface area is 104 Å². The van der Waals surface area contributed by atoms with E-state index in [1.165, 1.54) is 0 Å². The number of halogens is 1. The zero-order valence-corrected chi connectivity index (χ0v) is 9.62. The molecule has 0 N–H and O–H groups in total. The van der Waals surface area contributed by atoms with Crippen LogP contribution in [-0.2, 0) is 0 Å². The van der Waals surface area contributed by atoms with Crippen molar-refractivity contribution in [3.8, 4) is 6.07 Å². The first-order chi connectivity index (χ1) is 8.81. The highest BCUT2D eigenvalue weighted by molar-refractivity contribution is 5.56. The Balaban J connectivity index is 2.31. The molecule has 18 heavy (non-hydrogen) atoms. The summed E-state index contributed by atoms with van der Waals surface area (Å²) in [5.41, 5.74) is 0.874. The first kappa shape index (κ1) is 12.0. The summed E-state index contributed by atoms with van der Waals surface area (Å²) in [5, 5.41) is 8.68. The fraction of sp³-hybridized carbons (Fsp3) is 0.154. The summed E-state index contributed by atoms with van der Waals surface area (Å²) in [5.74, 6) is -0.0927. The number of hydrogen-bond donors (Lipinski definition) is 0. The maximum absolute atomic E-state index is 12.8. The normalized spacial score (nSPS) is 9.78. The predicted molar refractivity (Wildman–Crippen MR) is 65.7 cm³/mol. The van der Waals surface area contributed by atoms with Crippen molar-refractivity contribution in [2.75, 3.05) is 11.4 Å². The maximum atomic E-state index is 12.8. The second-order valence-corrected chi connectivity index (χ2v) is 3.60. The number of nitriles is 1. The number of para-hydroxylation sites is 1. The van der Waals surface area contributed by atoms with Gasteiger partial charge < -0.3 is 4.90 Å². The summed E-state index contributed by atoms with van der Waals surface area (Å²) in [6.07, 6.45) is 2.57. The van der Waals surface area contributed by atoms with Crippen molar-refractivity contribution >= 4 is 11.6 Å². The topological polar surface area (TPSA) is 52.8 Å². The van der Waals surface area contributed by atoms with Crippen LogP contribution >= 0.6 is 0 Å². The lowest BCUT2D eigenvalue weighted by atomic mass is 10.3. The third-order valence-electron chi connectivity index (χ3n) is 2.36. The molecule has 0 atom stereocenters. The van der Waals surface area contributed by atoms with E-state index in [1.807, 2.05) is 30.3 Å². The average molecular weight is 242 g/mol. The van der Waals surface area contributed by atoms with E-state index < -0.39 is 5.82 Å². The van der Waals surface area contributed by atoms with Gasteiger partial charge in [-0.15, -0.1) is 0 Å². The van der Waals surface area contributed by atoms with Gasteiger partial charge >= 0.3 is 0 Å². The molecule has 0 aliphatic heterocycles. The zero-order valence-electron chi connectivity index (χ0n) is 9.62. The van der Waals surface area contributed by atoms with Gasteiger partial charge in [-0.2, -0.15) is 5.26 Å². The van der Waals surface area contributed by atoms with Crippen LogP contribution in [0.4, 0.5) is 16.0 Å². The van der Waals surface area contributed by atoms with Crippen molar-refractivity contribution < 1.29 is 4.39 Å². The van der Waals surface area contributed by atoms with Crippen LogP contribution in [0.5, 0.6) is 0 Å². The fourth-order valence-corrected chi connectivity index (χ4v) is 1.56. The van der Waals surface area contributed by atoms with Crippen molar-refractivity contribution in [3.05, 3.63) is 48.5 Å². The Bertz CT molecular complexity index is 533. The summed E-state index contributed by atoms with van der Waals surface area (Å²) in [6.45, 7) is 0.464. The smallest absolute Gasteiger partial charge is 0.230 e. The molecule has 0 unspecified atom stereocenters. The van der Waals surface area contributed by atoms with Crippen molar-refractivity contribution in [1.29, 1.82) is 5.26 Å². The van der Waals surface area contributed by atoms with Crippen LogP contribution in [0.2, 0.25) is 0 Å². The molecule has 4 nitrogen and oxygen atoms in total. The maximum Gasteiger partial charge on any atom is 0.230 e. The van der Waals surface area contributed by atoms with E-state index >= 15 is 0 Å². The molecule has 1 aromatic heterocycles. The average Bonchev–Trinajstić information content (AvgIpc) is 2.42. The number of nitrogens with zero attached hydrogens (tertiary/aromatic N) is 4. The summed E-state index contributed by atoms with van der Waals surface area (Å²) in [4.78, 5) is 9.66. The van der Waals surface area contributed by atoms with E-state index in [1.54, 1.807) is 4.90 Å². The number of hydrogen-bond acceptors (Lipinski definition) is 4. The molecule has 0 bridgehead atoms. The molecule has 0 aliphatic rings. The van der Waals surface area contributed by atoms with Gasteiger partial charge in [0.05, 0.1) is 24.9 Å². The van der Waals surface area contributed by atoms with Gasteiger partial charge in [0, 0.05) is 12.2 Å². The fourth-order valence-electron chi connectivity index (χ4n) is 1.56. The van der Waals surface area contributed by atoms with Crippen molar-refractivity contribution in [2.24, 2.45) is 0 Å². The Morgan fingerprint density at radius 3 is 2.44 bits per heavy atom. The van der Waals surface area contributed by atoms with Crippen molar-refractivity contribution in [2.45, 2.75) is 6.42 Å². The highest BCUT2D eigenvalue weighted by atomic mass is 19.1. The lowest BCUT2D eigenvalue weighted by Gasteiger charge is -2.21. The van der Waals surface area contributed by atoms with Gasteiger partial charge in [0.25, 0.3) is 0 Å². The Morgan fingerprint density at radius 2 is 1.83 bits per heavy atom. The number of anilines is 2. The lowest BCUT2D eigenvalue weighted by Crippen LogP contribution is -2.20. The van der Waals surface area contributed by atoms with Crippen LogP contribution in [0.15, 0.2) is 42.7 Å². The summed E-state index contributed by atoms with van der Waals surface area (Å²) in [6, 6.07) is 11.5. The van der Waals surface area contributed by atoms with Gasteiger partial charge in [-0.3, -0.25) is 0 Å². The molecule has 0 spiro atoms. The third kappa shape index (κ3) is 2.80. The van der Waals surface area contributed by atoms with Crippen LogP contribution in [0.3, 0.4) is 0 Å². The number of benzene rings is 1. The predicted octanol–water partition coefficient (Wildman–Crippen LogP) is 2.67. The van der Waals surface area contributed by atoms with Gasteiger partial charge in [0.15, 0.2) is 5.82 Å². The van der Waals surface area contributed by atoms with Gasteiger partial charge in [-0.1, -0.05) is 18.2 Å². The first-order valence-corrected chi connectivity index (χ1v) is 5.48. The van der Waals surface area contributed by atoms with Crippen LogP contribution in [0.1, 0.15) is 6.42 Å². The molecule has 1 aromatic carbocycles. The summed E-state index contributed by atoms with van der Waals surface area (Å²) in [7, 11) is 0. The lowest BCUT2D eigenvalue weighted by molar-refractivity contribution is 0.612. The number of aromatic nitrogens is 2. The molecular formula is C13H11FN4. The largest absolute Gasteiger partial charge is 0.310 e. The minimum absolute atomic E-state index is 0.343. The van der Waals surface area contributed by atoms with Gasteiger partial charge in [-0.25, -0.2) is 14.4 Å². The van der Waals surface area contributed by atoms with E-state index in [9.17, 15) is 4.39 Å². The molecule has 0 radical (unpaired) electrons. The molecule has 1 heterocycles. The van der Waals surface area contributed by atoms with Crippen molar-refractivity contribution in [1.82, 2.24) is 9.97 Å².